The Labute approximate surface area is 192 Å². The minimum atomic E-state index is -3.49. The van der Waals surface area contributed by atoms with Crippen LogP contribution in [0.15, 0.2) is 91.5 Å². The summed E-state index contributed by atoms with van der Waals surface area (Å²) in [6.45, 7) is 0. The molecule has 1 atom stereocenters. The van der Waals surface area contributed by atoms with Gasteiger partial charge in [-0.1, -0.05) is 30.3 Å². The van der Waals surface area contributed by atoms with E-state index in [1.165, 1.54) is 0 Å². The van der Waals surface area contributed by atoms with Crippen LogP contribution in [-0.2, 0) is 10.0 Å². The topological polar surface area (TPSA) is 109 Å². The molecule has 0 aliphatic carbocycles. The molecule has 4 aromatic rings. The van der Waals surface area contributed by atoms with Gasteiger partial charge in [0.2, 0.25) is 10.0 Å². The summed E-state index contributed by atoms with van der Waals surface area (Å²) in [6.07, 6.45) is 8.15. The maximum atomic E-state index is 11.8. The highest BCUT2D eigenvalue weighted by Crippen LogP contribution is 2.42. The molecule has 164 valence electrons. The second-order valence-corrected chi connectivity index (χ2v) is 9.33. The Hall–Kier alpha value is -4.09. The number of rotatable bonds is 7. The Bertz CT molecular complexity index is 1330. The summed E-state index contributed by atoms with van der Waals surface area (Å²) in [5.41, 5.74) is 4.07. The fourth-order valence-electron chi connectivity index (χ4n) is 3.87. The van der Waals surface area contributed by atoms with Crippen molar-refractivity contribution in [2.75, 3.05) is 11.0 Å². The van der Waals surface area contributed by atoms with E-state index >= 15 is 0 Å². The first kappa shape index (κ1) is 22.1. The summed E-state index contributed by atoms with van der Waals surface area (Å²) < 4.78 is 26.1. The van der Waals surface area contributed by atoms with Crippen molar-refractivity contribution in [3.63, 3.8) is 0 Å². The molecule has 0 aliphatic rings. The van der Waals surface area contributed by atoms with E-state index in [1.807, 2.05) is 54.9 Å². The van der Waals surface area contributed by atoms with E-state index in [-0.39, 0.29) is 17.7 Å². The highest BCUT2D eigenvalue weighted by Gasteiger charge is 2.30. The number of aromatic nitrogens is 3. The molecular weight excluding hydrogens is 434 g/mol. The van der Waals surface area contributed by atoms with Crippen molar-refractivity contribution in [3.8, 4) is 6.07 Å². The SMILES string of the molecule is CS(=O)(=O)Nc1cccc(C(c2ccc(C#N)cc2)C(c2cccnc2)c2cccnc2)n1. The lowest BCUT2D eigenvalue weighted by Crippen LogP contribution is -2.18. The Kier molecular flexibility index (Phi) is 6.43. The lowest BCUT2D eigenvalue weighted by molar-refractivity contribution is 0.606. The van der Waals surface area contributed by atoms with Crippen LogP contribution in [0.1, 0.15) is 39.8 Å². The predicted molar refractivity (Wildman–Crippen MR) is 126 cm³/mol. The van der Waals surface area contributed by atoms with Crippen LogP contribution in [0.25, 0.3) is 0 Å². The Morgan fingerprint density at radius 2 is 1.45 bits per heavy atom. The first-order valence-corrected chi connectivity index (χ1v) is 12.1. The molecular formula is C25H21N5O2S. The summed E-state index contributed by atoms with van der Waals surface area (Å²) in [4.78, 5) is 13.3. The largest absolute Gasteiger partial charge is 0.268 e. The average molecular weight is 456 g/mol. The normalized spacial score (nSPS) is 12.2. The Morgan fingerprint density at radius 3 is 1.97 bits per heavy atom. The van der Waals surface area contributed by atoms with E-state index in [0.29, 0.717) is 11.3 Å². The molecule has 3 heterocycles. The number of benzene rings is 1. The number of nitrogens with zero attached hydrogens (tertiary/aromatic N) is 4. The fourth-order valence-corrected chi connectivity index (χ4v) is 4.36. The van der Waals surface area contributed by atoms with Crippen molar-refractivity contribution in [2.45, 2.75) is 11.8 Å². The van der Waals surface area contributed by atoms with Crippen LogP contribution < -0.4 is 4.72 Å². The molecule has 0 amide bonds. The molecule has 0 fully saturated rings. The average Bonchev–Trinajstić information content (AvgIpc) is 2.83. The quantitative estimate of drug-likeness (QED) is 0.450. The molecule has 1 N–H and O–H groups in total. The second-order valence-electron chi connectivity index (χ2n) is 7.58. The molecule has 0 bridgehead atoms. The maximum Gasteiger partial charge on any atom is 0.230 e. The van der Waals surface area contributed by atoms with Crippen molar-refractivity contribution in [2.24, 2.45) is 0 Å². The molecule has 0 saturated carbocycles. The number of pyridine rings is 3. The van der Waals surface area contributed by atoms with Crippen LogP contribution in [0.2, 0.25) is 0 Å². The number of sulfonamides is 1. The first-order chi connectivity index (χ1) is 15.9. The summed E-state index contributed by atoms with van der Waals surface area (Å²) in [6, 6.07) is 22.5. The molecule has 4 rings (SSSR count). The van der Waals surface area contributed by atoms with Gasteiger partial charge in [-0.15, -0.1) is 0 Å². The van der Waals surface area contributed by atoms with Crippen LogP contribution in [-0.4, -0.2) is 29.6 Å². The zero-order valence-electron chi connectivity index (χ0n) is 17.8. The highest BCUT2D eigenvalue weighted by atomic mass is 32.2. The van der Waals surface area contributed by atoms with Gasteiger partial charge in [-0.3, -0.25) is 14.7 Å². The van der Waals surface area contributed by atoms with Crippen LogP contribution in [0.5, 0.6) is 0 Å². The molecule has 0 radical (unpaired) electrons. The van der Waals surface area contributed by atoms with E-state index in [9.17, 15) is 13.7 Å². The summed E-state index contributed by atoms with van der Waals surface area (Å²) in [5, 5.41) is 9.25. The third-order valence-electron chi connectivity index (χ3n) is 5.20. The van der Waals surface area contributed by atoms with Gasteiger partial charge in [0.15, 0.2) is 0 Å². The number of anilines is 1. The number of hydrogen-bond donors (Lipinski definition) is 1. The number of nitriles is 1. The van der Waals surface area contributed by atoms with Crippen molar-refractivity contribution in [3.05, 3.63) is 119 Å². The van der Waals surface area contributed by atoms with Gasteiger partial charge < -0.3 is 0 Å². The minimum Gasteiger partial charge on any atom is -0.268 e. The van der Waals surface area contributed by atoms with Gasteiger partial charge in [0.25, 0.3) is 0 Å². The van der Waals surface area contributed by atoms with Gasteiger partial charge in [-0.05, 0) is 53.1 Å². The molecule has 8 heteroatoms. The van der Waals surface area contributed by atoms with E-state index in [4.69, 9.17) is 0 Å². The molecule has 0 spiro atoms. The van der Waals surface area contributed by atoms with Crippen LogP contribution in [0.3, 0.4) is 0 Å². The maximum absolute atomic E-state index is 11.8. The molecule has 7 nitrogen and oxygen atoms in total. The van der Waals surface area contributed by atoms with Crippen molar-refractivity contribution < 1.29 is 8.42 Å². The van der Waals surface area contributed by atoms with Crippen molar-refractivity contribution in [1.29, 1.82) is 5.26 Å². The van der Waals surface area contributed by atoms with Crippen molar-refractivity contribution in [1.82, 2.24) is 15.0 Å². The van der Waals surface area contributed by atoms with E-state index in [1.54, 1.807) is 36.7 Å². The summed E-state index contributed by atoms with van der Waals surface area (Å²) in [7, 11) is -3.49. The molecule has 1 aromatic carbocycles. The standard InChI is InChI=1S/C25H21N5O2S/c1-33(31,32)30-23-8-2-7-22(29-23)25(19-11-9-18(15-26)10-12-19)24(20-5-3-13-27-16-20)21-6-4-14-28-17-21/h2-14,16-17,24-25H,1H3,(H,29,30). The van der Waals surface area contributed by atoms with E-state index in [2.05, 4.69) is 25.7 Å². The van der Waals surface area contributed by atoms with Crippen LogP contribution in [0, 0.1) is 11.3 Å². The third kappa shape index (κ3) is 5.40. The molecule has 3 aromatic heterocycles. The van der Waals surface area contributed by atoms with Crippen LogP contribution in [0.4, 0.5) is 5.82 Å². The monoisotopic (exact) mass is 455 g/mol. The van der Waals surface area contributed by atoms with Crippen molar-refractivity contribution >= 4 is 15.8 Å². The minimum absolute atomic E-state index is 0.207. The van der Waals surface area contributed by atoms with Gasteiger partial charge in [0.05, 0.1) is 23.6 Å². The molecule has 0 saturated heterocycles. The lowest BCUT2D eigenvalue weighted by Gasteiger charge is -2.28. The van der Waals surface area contributed by atoms with Gasteiger partial charge in [-0.2, -0.15) is 5.26 Å². The molecule has 33 heavy (non-hydrogen) atoms. The molecule has 0 aliphatic heterocycles. The predicted octanol–water partition coefficient (Wildman–Crippen LogP) is 4.08. The van der Waals surface area contributed by atoms with Gasteiger partial charge in [-0.25, -0.2) is 13.4 Å². The summed E-state index contributed by atoms with van der Waals surface area (Å²) >= 11 is 0. The second kappa shape index (κ2) is 9.59. The van der Waals surface area contributed by atoms with Gasteiger partial charge in [0.1, 0.15) is 5.82 Å². The Morgan fingerprint density at radius 1 is 0.818 bits per heavy atom. The fraction of sp³-hybridized carbons (Fsp3) is 0.120. The summed E-state index contributed by atoms with van der Waals surface area (Å²) in [5.74, 6) is -0.265. The highest BCUT2D eigenvalue weighted by molar-refractivity contribution is 7.92. The third-order valence-corrected chi connectivity index (χ3v) is 5.78. The Balaban J connectivity index is 1.93. The zero-order chi connectivity index (χ0) is 23.3. The zero-order valence-corrected chi connectivity index (χ0v) is 18.6. The number of nitrogens with one attached hydrogen (secondary N) is 1. The van der Waals surface area contributed by atoms with E-state index in [0.717, 1.165) is 22.9 Å². The smallest absolute Gasteiger partial charge is 0.230 e. The first-order valence-electron chi connectivity index (χ1n) is 10.2. The van der Waals surface area contributed by atoms with Crippen LogP contribution >= 0.6 is 0 Å². The van der Waals surface area contributed by atoms with Gasteiger partial charge in [0, 0.05) is 36.6 Å². The molecule has 1 unspecified atom stereocenters. The number of hydrogen-bond acceptors (Lipinski definition) is 6. The lowest BCUT2D eigenvalue weighted by atomic mass is 9.76. The van der Waals surface area contributed by atoms with Gasteiger partial charge >= 0.3 is 0 Å². The van der Waals surface area contributed by atoms with E-state index < -0.39 is 10.0 Å².